The van der Waals surface area contributed by atoms with Crippen LogP contribution in [0.2, 0.25) is 0 Å². The Morgan fingerprint density at radius 1 is 1.22 bits per heavy atom. The minimum absolute atomic E-state index is 0.0000172. The molecule has 0 unspecified atom stereocenters. The molecule has 5 aromatic rings. The summed E-state index contributed by atoms with van der Waals surface area (Å²) in [5, 5.41) is 2.19. The Balaban J connectivity index is 1.38. The SMILES string of the molecule is O=C(CSc1nc2sc3c(c2c(=O)n1Cc1ccco1)CCC3)c1c[nH]c2ccccc12. The number of para-hydroxylation sites is 1. The average molecular weight is 462 g/mol. The van der Waals surface area contributed by atoms with E-state index in [1.54, 1.807) is 28.4 Å². The second-order valence-electron chi connectivity index (χ2n) is 7.86. The fourth-order valence-electron chi connectivity index (χ4n) is 4.38. The van der Waals surface area contributed by atoms with Crippen LogP contribution in [0.1, 0.15) is 33.0 Å². The Labute approximate surface area is 191 Å². The molecule has 4 aromatic heterocycles. The molecular formula is C24H19N3O3S2. The van der Waals surface area contributed by atoms with E-state index in [-0.39, 0.29) is 17.1 Å². The lowest BCUT2D eigenvalue weighted by molar-refractivity contribution is 0.102. The van der Waals surface area contributed by atoms with Gasteiger partial charge in [-0.2, -0.15) is 0 Å². The molecule has 0 aliphatic heterocycles. The number of aromatic amines is 1. The van der Waals surface area contributed by atoms with Crippen LogP contribution >= 0.6 is 23.1 Å². The van der Waals surface area contributed by atoms with Crippen LogP contribution in [0.15, 0.2) is 63.2 Å². The second-order valence-corrected chi connectivity index (χ2v) is 9.89. The molecule has 1 N–H and O–H groups in total. The van der Waals surface area contributed by atoms with Gasteiger partial charge in [0.1, 0.15) is 10.6 Å². The van der Waals surface area contributed by atoms with Crippen molar-refractivity contribution in [1.82, 2.24) is 14.5 Å². The number of rotatable bonds is 6. The first-order valence-electron chi connectivity index (χ1n) is 10.5. The molecule has 0 amide bonds. The van der Waals surface area contributed by atoms with Gasteiger partial charge in [-0.15, -0.1) is 11.3 Å². The smallest absolute Gasteiger partial charge is 0.263 e. The standard InChI is InChI=1S/C24H19N3O3S2/c28-19(17-11-25-18-8-2-1-6-15(17)18)13-31-24-26-22-21(16-7-3-9-20(16)32-22)23(29)27(24)12-14-5-4-10-30-14/h1-2,4-6,8,10-11,25H,3,7,9,12-13H2. The van der Waals surface area contributed by atoms with Gasteiger partial charge in [-0.25, -0.2) is 4.98 Å². The topological polar surface area (TPSA) is 80.9 Å². The summed E-state index contributed by atoms with van der Waals surface area (Å²) in [5.41, 5.74) is 2.70. The van der Waals surface area contributed by atoms with Crippen molar-refractivity contribution < 1.29 is 9.21 Å². The number of thiophene rings is 1. The largest absolute Gasteiger partial charge is 0.467 e. The molecule has 1 aliphatic rings. The summed E-state index contributed by atoms with van der Waals surface area (Å²) in [6.45, 7) is 0.295. The van der Waals surface area contributed by atoms with Crippen LogP contribution in [-0.4, -0.2) is 26.1 Å². The Hall–Kier alpha value is -3.10. The minimum atomic E-state index is -0.0483. The molecule has 8 heteroatoms. The van der Waals surface area contributed by atoms with Crippen molar-refractivity contribution in [2.24, 2.45) is 0 Å². The molecule has 0 radical (unpaired) electrons. The van der Waals surface area contributed by atoms with Gasteiger partial charge in [0.05, 0.1) is 23.9 Å². The van der Waals surface area contributed by atoms with Crippen molar-refractivity contribution in [2.75, 3.05) is 5.75 Å². The molecule has 1 aliphatic carbocycles. The van der Waals surface area contributed by atoms with Crippen LogP contribution in [0.3, 0.4) is 0 Å². The number of carbonyl (C=O) groups is 1. The van der Waals surface area contributed by atoms with Crippen LogP contribution in [0, 0.1) is 0 Å². The minimum Gasteiger partial charge on any atom is -0.467 e. The van der Waals surface area contributed by atoms with Crippen LogP contribution in [-0.2, 0) is 19.4 Å². The zero-order valence-electron chi connectivity index (χ0n) is 17.1. The fraction of sp³-hybridized carbons (Fsp3) is 0.208. The lowest BCUT2D eigenvalue weighted by atomic mass is 10.1. The molecule has 0 saturated heterocycles. The number of hydrogen-bond acceptors (Lipinski definition) is 6. The molecule has 6 nitrogen and oxygen atoms in total. The Bertz CT molecular complexity index is 1530. The van der Waals surface area contributed by atoms with Crippen LogP contribution in [0.5, 0.6) is 0 Å². The number of carbonyl (C=O) groups excluding carboxylic acids is 1. The number of thioether (sulfide) groups is 1. The van der Waals surface area contributed by atoms with Crippen LogP contribution < -0.4 is 5.56 Å². The molecule has 32 heavy (non-hydrogen) atoms. The van der Waals surface area contributed by atoms with E-state index in [1.807, 2.05) is 36.4 Å². The molecule has 4 heterocycles. The van der Waals surface area contributed by atoms with E-state index in [9.17, 15) is 9.59 Å². The Morgan fingerprint density at radius 3 is 3.00 bits per heavy atom. The van der Waals surface area contributed by atoms with Crippen molar-refractivity contribution in [3.8, 4) is 0 Å². The summed E-state index contributed by atoms with van der Waals surface area (Å²) in [6, 6.07) is 11.4. The highest BCUT2D eigenvalue weighted by Gasteiger charge is 2.24. The summed E-state index contributed by atoms with van der Waals surface area (Å²) in [7, 11) is 0. The number of hydrogen-bond donors (Lipinski definition) is 1. The number of benzene rings is 1. The maximum Gasteiger partial charge on any atom is 0.263 e. The normalized spacial score (nSPS) is 13.2. The maximum absolute atomic E-state index is 13.5. The maximum atomic E-state index is 13.5. The lowest BCUT2D eigenvalue weighted by Crippen LogP contribution is -2.24. The average Bonchev–Trinajstić information content (AvgIpc) is 3.58. The van der Waals surface area contributed by atoms with Gasteiger partial charge in [-0.05, 0) is 43.0 Å². The molecular weight excluding hydrogens is 442 g/mol. The highest BCUT2D eigenvalue weighted by Crippen LogP contribution is 2.36. The molecule has 0 fully saturated rings. The van der Waals surface area contributed by atoms with Crippen LogP contribution in [0.4, 0.5) is 0 Å². The van der Waals surface area contributed by atoms with Crippen molar-refractivity contribution in [2.45, 2.75) is 31.0 Å². The first-order chi connectivity index (χ1) is 15.7. The third kappa shape index (κ3) is 3.22. The molecule has 0 saturated carbocycles. The highest BCUT2D eigenvalue weighted by atomic mass is 32.2. The number of aryl methyl sites for hydroxylation is 2. The van der Waals surface area contributed by atoms with E-state index < -0.39 is 0 Å². The molecule has 160 valence electrons. The summed E-state index contributed by atoms with van der Waals surface area (Å²) < 4.78 is 7.15. The van der Waals surface area contributed by atoms with E-state index in [4.69, 9.17) is 9.40 Å². The number of nitrogens with zero attached hydrogens (tertiary/aromatic N) is 2. The van der Waals surface area contributed by atoms with Gasteiger partial charge in [0, 0.05) is 27.5 Å². The van der Waals surface area contributed by atoms with Crippen molar-refractivity contribution in [1.29, 1.82) is 0 Å². The predicted octanol–water partition coefficient (Wildman–Crippen LogP) is 5.04. The number of H-pyrrole nitrogens is 1. The van der Waals surface area contributed by atoms with Gasteiger partial charge in [0.25, 0.3) is 5.56 Å². The van der Waals surface area contributed by atoms with Gasteiger partial charge in [0.2, 0.25) is 0 Å². The van der Waals surface area contributed by atoms with Crippen molar-refractivity contribution >= 4 is 50.0 Å². The van der Waals surface area contributed by atoms with Gasteiger partial charge >= 0.3 is 0 Å². The Morgan fingerprint density at radius 2 is 2.12 bits per heavy atom. The van der Waals surface area contributed by atoms with Crippen LogP contribution in [0.25, 0.3) is 21.1 Å². The number of aromatic nitrogens is 3. The third-order valence-corrected chi connectivity index (χ3v) is 8.07. The zero-order valence-corrected chi connectivity index (χ0v) is 18.7. The number of nitrogens with one attached hydrogen (secondary N) is 1. The summed E-state index contributed by atoms with van der Waals surface area (Å²) in [4.78, 5) is 36.6. The van der Waals surface area contributed by atoms with Crippen molar-refractivity contribution in [3.63, 3.8) is 0 Å². The highest BCUT2D eigenvalue weighted by molar-refractivity contribution is 7.99. The monoisotopic (exact) mass is 461 g/mol. The summed E-state index contributed by atoms with van der Waals surface area (Å²) >= 11 is 2.92. The number of fused-ring (bicyclic) bond motifs is 4. The fourth-order valence-corrected chi connectivity index (χ4v) is 6.56. The van der Waals surface area contributed by atoms with E-state index in [2.05, 4.69) is 4.98 Å². The van der Waals surface area contributed by atoms with Crippen molar-refractivity contribution in [3.05, 3.63) is 81.0 Å². The van der Waals surface area contributed by atoms with Gasteiger partial charge < -0.3 is 9.40 Å². The first-order valence-corrected chi connectivity index (χ1v) is 12.3. The van der Waals surface area contributed by atoms with E-state index in [0.29, 0.717) is 23.0 Å². The summed E-state index contributed by atoms with van der Waals surface area (Å²) in [5.74, 6) is 0.883. The number of Topliss-reactive ketones (excluding diaryl/α,β-unsaturated/α-hetero) is 1. The number of ketones is 1. The van der Waals surface area contributed by atoms with E-state index >= 15 is 0 Å². The third-order valence-electron chi connectivity index (χ3n) is 5.91. The van der Waals surface area contributed by atoms with E-state index in [1.165, 1.54) is 16.6 Å². The molecule has 0 atom stereocenters. The van der Waals surface area contributed by atoms with E-state index in [0.717, 1.165) is 45.9 Å². The van der Waals surface area contributed by atoms with Gasteiger partial charge in [-0.3, -0.25) is 14.2 Å². The molecule has 0 bridgehead atoms. The molecule has 1 aromatic carbocycles. The van der Waals surface area contributed by atoms with Gasteiger partial charge in [0.15, 0.2) is 10.9 Å². The number of furan rings is 1. The van der Waals surface area contributed by atoms with Gasteiger partial charge in [-0.1, -0.05) is 30.0 Å². The zero-order chi connectivity index (χ0) is 21.7. The lowest BCUT2D eigenvalue weighted by Gasteiger charge is -2.11. The Kier molecular flexibility index (Phi) is 4.77. The molecule has 0 spiro atoms. The quantitative estimate of drug-likeness (QED) is 0.218. The predicted molar refractivity (Wildman–Crippen MR) is 127 cm³/mol. The first kappa shape index (κ1) is 19.6. The second kappa shape index (κ2) is 7.79. The summed E-state index contributed by atoms with van der Waals surface area (Å²) in [6.07, 6.45) is 6.38. The molecule has 6 rings (SSSR count).